The highest BCUT2D eigenvalue weighted by atomic mass is 16.5. The van der Waals surface area contributed by atoms with E-state index in [1.165, 1.54) is 13.4 Å². The van der Waals surface area contributed by atoms with Crippen molar-refractivity contribution in [2.45, 2.75) is 5.24 Å². The monoisotopic (exact) mass is 421 g/mol. The molecule has 2 heterocycles. The summed E-state index contributed by atoms with van der Waals surface area (Å²) in [6.07, 6.45) is 2.83. The van der Waals surface area contributed by atoms with Gasteiger partial charge in [-0.2, -0.15) is 0 Å². The number of nitrogens with two attached hydrogens (primary N) is 1. The van der Waals surface area contributed by atoms with E-state index in [4.69, 9.17) is 43.2 Å². The van der Waals surface area contributed by atoms with Crippen LogP contribution in [0.1, 0.15) is 20.7 Å². The summed E-state index contributed by atoms with van der Waals surface area (Å²) < 4.78 is 16.7. The summed E-state index contributed by atoms with van der Waals surface area (Å²) in [5.41, 5.74) is 6.82. The fourth-order valence-corrected chi connectivity index (χ4v) is 3.24. The molecule has 0 unspecified atom stereocenters. The number of rotatable bonds is 6. The number of nitrogens with zero attached hydrogens (tertiary/aromatic N) is 1. The van der Waals surface area contributed by atoms with Crippen molar-refractivity contribution >= 4 is 57.2 Å². The van der Waals surface area contributed by atoms with Crippen molar-refractivity contribution in [1.82, 2.24) is 10.3 Å². The number of furan rings is 1. The molecule has 4 rings (SSSR count). The lowest BCUT2D eigenvalue weighted by molar-refractivity contribution is 0.0951. The summed E-state index contributed by atoms with van der Waals surface area (Å²) in [5, 5.41) is 1.47. The molecule has 2 aromatic heterocycles. The number of carbonyl (C=O) groups is 2. The van der Waals surface area contributed by atoms with Crippen LogP contribution in [0.3, 0.4) is 0 Å². The molecule has 6 radical (unpaired) electrons. The third-order valence-electron chi connectivity index (χ3n) is 4.64. The third kappa shape index (κ3) is 4.14. The molecule has 0 atom stereocenters. The number of benzene rings is 2. The predicted molar refractivity (Wildman–Crippen MR) is 121 cm³/mol. The quantitative estimate of drug-likeness (QED) is 0.459. The molecule has 3 N–H and O–H groups in total. The van der Waals surface area contributed by atoms with E-state index in [0.717, 1.165) is 0 Å². The van der Waals surface area contributed by atoms with Crippen LogP contribution in [-0.4, -0.2) is 52.7 Å². The van der Waals surface area contributed by atoms with Gasteiger partial charge in [-0.15, -0.1) is 0 Å². The maximum Gasteiger partial charge on any atom is 0.253 e. The van der Waals surface area contributed by atoms with Gasteiger partial charge in [0.05, 0.1) is 47.3 Å². The summed E-state index contributed by atoms with van der Waals surface area (Å²) in [5.74, 6) is -0.0542. The maximum atomic E-state index is 12.3. The highest BCUT2D eigenvalue weighted by molar-refractivity contribution is 6.60. The average Bonchev–Trinajstić information content (AvgIpc) is 3.15. The topological polar surface area (TPSA) is 117 Å². The number of aromatic nitrogens is 1. The molecule has 0 spiro atoms. The second-order valence-corrected chi connectivity index (χ2v) is 7.04. The number of pyridine rings is 1. The molecule has 152 valence electrons. The van der Waals surface area contributed by atoms with E-state index in [9.17, 15) is 9.59 Å². The first-order chi connectivity index (χ1) is 15.2. The summed E-state index contributed by atoms with van der Waals surface area (Å²) in [6.45, 7) is 0. The minimum absolute atomic E-state index is 0.200. The molecular weight excluding hydrogens is 407 g/mol. The van der Waals surface area contributed by atoms with Crippen molar-refractivity contribution < 1.29 is 23.5 Å². The number of carbonyl (C=O) groups excluding carboxylic acids is 2. The SMILES string of the molecule is [B]C([B])([B])NC(=O)c1coc2cc(Oc3ccnc4cc(OC)c(C(N)=O)cc34)ccc12. The Morgan fingerprint density at radius 2 is 1.84 bits per heavy atom. The molecular formula is C21H14B3N3O5. The van der Waals surface area contributed by atoms with Crippen molar-refractivity contribution in [3.8, 4) is 17.2 Å². The first-order valence-corrected chi connectivity index (χ1v) is 9.31. The van der Waals surface area contributed by atoms with Gasteiger partial charge in [-0.1, -0.05) is 5.24 Å². The predicted octanol–water partition coefficient (Wildman–Crippen LogP) is 1.73. The molecule has 0 bridgehead atoms. The summed E-state index contributed by atoms with van der Waals surface area (Å²) >= 11 is 0. The van der Waals surface area contributed by atoms with Crippen LogP contribution in [0.2, 0.25) is 0 Å². The van der Waals surface area contributed by atoms with Gasteiger partial charge >= 0.3 is 0 Å². The lowest BCUT2D eigenvalue weighted by Gasteiger charge is -2.21. The lowest BCUT2D eigenvalue weighted by atomic mass is 9.49. The molecule has 0 aliphatic heterocycles. The van der Waals surface area contributed by atoms with Crippen molar-refractivity contribution in [2.24, 2.45) is 5.73 Å². The molecule has 0 fully saturated rings. The molecule has 0 aliphatic rings. The molecule has 32 heavy (non-hydrogen) atoms. The van der Waals surface area contributed by atoms with Gasteiger partial charge in [0.1, 0.15) is 29.1 Å². The molecule has 11 heteroatoms. The molecule has 0 saturated heterocycles. The van der Waals surface area contributed by atoms with Gasteiger partial charge in [-0.05, 0) is 24.3 Å². The zero-order chi connectivity index (χ0) is 23.0. The molecule has 0 aliphatic carbocycles. The Morgan fingerprint density at radius 1 is 1.06 bits per heavy atom. The van der Waals surface area contributed by atoms with Crippen molar-refractivity contribution in [1.29, 1.82) is 0 Å². The number of hydrogen-bond donors (Lipinski definition) is 2. The number of ether oxygens (including phenoxy) is 2. The van der Waals surface area contributed by atoms with E-state index in [1.54, 1.807) is 42.6 Å². The van der Waals surface area contributed by atoms with E-state index in [2.05, 4.69) is 10.3 Å². The second kappa shape index (κ2) is 7.99. The number of hydrogen-bond acceptors (Lipinski definition) is 6. The van der Waals surface area contributed by atoms with Crippen LogP contribution in [0.25, 0.3) is 21.9 Å². The number of nitrogens with one attached hydrogen (secondary N) is 1. The summed E-state index contributed by atoms with van der Waals surface area (Å²) in [4.78, 5) is 28.4. The van der Waals surface area contributed by atoms with Gasteiger partial charge in [0, 0.05) is 29.1 Å². The van der Waals surface area contributed by atoms with Crippen LogP contribution in [0.15, 0.2) is 53.3 Å². The lowest BCUT2D eigenvalue weighted by Crippen LogP contribution is -2.50. The largest absolute Gasteiger partial charge is 0.496 e. The minimum Gasteiger partial charge on any atom is -0.496 e. The zero-order valence-corrected chi connectivity index (χ0v) is 16.9. The van der Waals surface area contributed by atoms with Crippen LogP contribution in [0.5, 0.6) is 17.2 Å². The highest BCUT2D eigenvalue weighted by Gasteiger charge is 2.19. The first kappa shape index (κ1) is 21.4. The van der Waals surface area contributed by atoms with Gasteiger partial charge in [-0.25, -0.2) is 0 Å². The Morgan fingerprint density at radius 3 is 2.53 bits per heavy atom. The number of methoxy groups -OCH3 is 1. The van der Waals surface area contributed by atoms with Gasteiger partial charge in [0.2, 0.25) is 0 Å². The van der Waals surface area contributed by atoms with E-state index in [1.807, 2.05) is 0 Å². The number of fused-ring (bicyclic) bond motifs is 2. The average molecular weight is 421 g/mol. The van der Waals surface area contributed by atoms with Gasteiger partial charge in [0.15, 0.2) is 0 Å². The summed E-state index contributed by atoms with van der Waals surface area (Å²) in [7, 11) is 17.7. The summed E-state index contributed by atoms with van der Waals surface area (Å²) in [6, 6.07) is 9.72. The smallest absolute Gasteiger partial charge is 0.253 e. The van der Waals surface area contributed by atoms with Crippen LogP contribution >= 0.6 is 0 Å². The fourth-order valence-electron chi connectivity index (χ4n) is 3.24. The van der Waals surface area contributed by atoms with Crippen LogP contribution in [0, 0.1) is 0 Å². The van der Waals surface area contributed by atoms with E-state index in [0.29, 0.717) is 39.1 Å². The Bertz CT molecular complexity index is 1360. The standard InChI is InChI=1S/C21H14B3N3O5/c1-30-17-8-15-12(7-13(17)19(25)28)16(4-5-26-15)32-10-2-3-11-14(9-31-18(11)6-10)20(29)27-21(22,23)24/h2-9H,1H3,(H2,25,28)(H,27,29). The van der Waals surface area contributed by atoms with E-state index < -0.39 is 17.1 Å². The van der Waals surface area contributed by atoms with Crippen LogP contribution < -0.4 is 20.5 Å². The van der Waals surface area contributed by atoms with Crippen molar-refractivity contribution in [3.63, 3.8) is 0 Å². The second-order valence-electron chi connectivity index (χ2n) is 7.04. The Kier molecular flexibility index (Phi) is 5.34. The Balaban J connectivity index is 1.70. The molecule has 2 amide bonds. The zero-order valence-electron chi connectivity index (χ0n) is 16.9. The molecule has 2 aromatic carbocycles. The minimum atomic E-state index is -1.86. The number of amides is 2. The highest BCUT2D eigenvalue weighted by Crippen LogP contribution is 2.34. The van der Waals surface area contributed by atoms with Crippen LogP contribution in [-0.2, 0) is 0 Å². The Hall–Kier alpha value is -3.88. The van der Waals surface area contributed by atoms with Crippen molar-refractivity contribution in [3.05, 3.63) is 60.0 Å². The third-order valence-corrected chi connectivity index (χ3v) is 4.64. The van der Waals surface area contributed by atoms with Crippen LogP contribution in [0.4, 0.5) is 0 Å². The first-order valence-electron chi connectivity index (χ1n) is 9.31. The number of primary amides is 1. The van der Waals surface area contributed by atoms with Gasteiger partial charge in [-0.3, -0.25) is 14.6 Å². The Labute approximate surface area is 186 Å². The van der Waals surface area contributed by atoms with E-state index in [-0.39, 0.29) is 11.1 Å². The maximum absolute atomic E-state index is 12.3. The molecule has 4 aromatic rings. The molecule has 8 nitrogen and oxygen atoms in total. The molecule has 0 saturated carbocycles. The normalized spacial score (nSPS) is 11.4. The van der Waals surface area contributed by atoms with E-state index >= 15 is 0 Å². The van der Waals surface area contributed by atoms with Crippen molar-refractivity contribution in [2.75, 3.05) is 7.11 Å². The van der Waals surface area contributed by atoms with Gasteiger partial charge in [0.25, 0.3) is 11.8 Å². The fraction of sp³-hybridized carbons (Fsp3) is 0.0952. The van der Waals surface area contributed by atoms with Gasteiger partial charge < -0.3 is 24.9 Å².